The number of fused-ring (bicyclic) bond motifs is 1. The molecular weight excluding hydrogens is 226 g/mol. The average molecular weight is 235 g/mol. The molecule has 3 rings (SSSR count). The fraction of sp³-hybridized carbons (Fsp3) is 0. The van der Waals surface area contributed by atoms with Gasteiger partial charge >= 0.3 is 0 Å². The normalized spacial score (nSPS) is 10.0. The van der Waals surface area contributed by atoms with Crippen molar-refractivity contribution in [1.82, 2.24) is 19.6 Å². The van der Waals surface area contributed by atoms with Crippen molar-refractivity contribution >= 4 is 11.5 Å². The largest absolute Gasteiger partial charge is 0.384 e. The summed E-state index contributed by atoms with van der Waals surface area (Å²) in [4.78, 5) is 8.12. The molecule has 0 unspecified atom stereocenters. The summed E-state index contributed by atoms with van der Waals surface area (Å²) >= 11 is 0. The zero-order valence-electron chi connectivity index (χ0n) is 9.41. The van der Waals surface area contributed by atoms with Crippen LogP contribution in [-0.4, -0.2) is 19.6 Å². The number of hydrogen-bond acceptors (Lipinski definition) is 4. The van der Waals surface area contributed by atoms with E-state index < -0.39 is 0 Å². The molecule has 0 aliphatic heterocycles. The number of imidazole rings is 1. The van der Waals surface area contributed by atoms with Gasteiger partial charge in [0, 0.05) is 18.0 Å². The fourth-order valence-electron chi connectivity index (χ4n) is 1.58. The third-order valence-electron chi connectivity index (χ3n) is 2.39. The number of hydrogen-bond donors (Lipinski definition) is 1. The van der Waals surface area contributed by atoms with Crippen molar-refractivity contribution in [2.75, 3.05) is 5.73 Å². The Kier molecular flexibility index (Phi) is 2.39. The highest BCUT2D eigenvalue weighted by Gasteiger charge is 1.99. The molecule has 0 saturated heterocycles. The first kappa shape index (κ1) is 10.3. The minimum atomic E-state index is 0.457. The molecule has 0 aromatic carbocycles. The Labute approximate surface area is 103 Å². The Morgan fingerprint density at radius 3 is 2.94 bits per heavy atom. The van der Waals surface area contributed by atoms with Crippen LogP contribution in [0.5, 0.6) is 0 Å². The summed E-state index contributed by atoms with van der Waals surface area (Å²) in [5, 5.41) is 4.19. The monoisotopic (exact) mass is 235 g/mol. The molecule has 3 aromatic heterocycles. The van der Waals surface area contributed by atoms with Crippen molar-refractivity contribution in [3.8, 4) is 11.8 Å². The van der Waals surface area contributed by atoms with Crippen LogP contribution < -0.4 is 5.73 Å². The lowest BCUT2D eigenvalue weighted by atomic mass is 10.2. The molecule has 0 fully saturated rings. The molecule has 0 radical (unpaired) electrons. The first-order chi connectivity index (χ1) is 8.83. The van der Waals surface area contributed by atoms with E-state index in [-0.39, 0.29) is 0 Å². The highest BCUT2D eigenvalue weighted by atomic mass is 15.2. The fourth-order valence-corrected chi connectivity index (χ4v) is 1.58. The standard InChI is InChI=1S/C13H9N5/c14-12-8-10(5-7-15-12)3-4-11-9-16-13-2-1-6-17-18(11)13/h1-2,5-9H,(H2,14,15). The molecule has 0 spiro atoms. The lowest BCUT2D eigenvalue weighted by Gasteiger charge is -1.92. The maximum Gasteiger partial charge on any atom is 0.154 e. The summed E-state index contributed by atoms with van der Waals surface area (Å²) in [6, 6.07) is 7.25. The average Bonchev–Trinajstić information content (AvgIpc) is 2.80. The van der Waals surface area contributed by atoms with Crippen molar-refractivity contribution < 1.29 is 0 Å². The molecule has 5 nitrogen and oxygen atoms in total. The maximum absolute atomic E-state index is 5.59. The van der Waals surface area contributed by atoms with E-state index in [1.165, 1.54) is 0 Å². The van der Waals surface area contributed by atoms with Crippen LogP contribution in [0.25, 0.3) is 5.65 Å². The molecule has 0 atom stereocenters. The second kappa shape index (κ2) is 4.18. The molecule has 0 saturated carbocycles. The van der Waals surface area contributed by atoms with Crippen molar-refractivity contribution in [2.24, 2.45) is 0 Å². The number of aromatic nitrogens is 4. The van der Waals surface area contributed by atoms with Crippen LogP contribution in [0.2, 0.25) is 0 Å². The van der Waals surface area contributed by atoms with Gasteiger partial charge in [0.2, 0.25) is 0 Å². The van der Waals surface area contributed by atoms with Gasteiger partial charge in [-0.2, -0.15) is 5.10 Å². The van der Waals surface area contributed by atoms with E-state index in [9.17, 15) is 0 Å². The number of pyridine rings is 1. The Morgan fingerprint density at radius 1 is 1.11 bits per heavy atom. The van der Waals surface area contributed by atoms with E-state index in [1.54, 1.807) is 35.2 Å². The molecule has 5 heteroatoms. The predicted molar refractivity (Wildman–Crippen MR) is 67.6 cm³/mol. The third-order valence-corrected chi connectivity index (χ3v) is 2.39. The smallest absolute Gasteiger partial charge is 0.154 e. The van der Waals surface area contributed by atoms with Crippen LogP contribution in [0.3, 0.4) is 0 Å². The predicted octanol–water partition coefficient (Wildman–Crippen LogP) is 1.11. The Hall–Kier alpha value is -2.87. The van der Waals surface area contributed by atoms with Gasteiger partial charge in [-0.1, -0.05) is 5.92 Å². The quantitative estimate of drug-likeness (QED) is 0.592. The van der Waals surface area contributed by atoms with Gasteiger partial charge in [0.1, 0.15) is 11.5 Å². The van der Waals surface area contributed by atoms with Crippen LogP contribution in [0.15, 0.2) is 42.9 Å². The van der Waals surface area contributed by atoms with E-state index in [2.05, 4.69) is 26.9 Å². The molecular formula is C13H9N5. The highest BCUT2D eigenvalue weighted by molar-refractivity contribution is 5.47. The van der Waals surface area contributed by atoms with E-state index >= 15 is 0 Å². The molecule has 3 aromatic rings. The van der Waals surface area contributed by atoms with Crippen molar-refractivity contribution in [1.29, 1.82) is 0 Å². The van der Waals surface area contributed by atoms with Gasteiger partial charge in [0.05, 0.1) is 6.20 Å². The highest BCUT2D eigenvalue weighted by Crippen LogP contribution is 2.04. The van der Waals surface area contributed by atoms with Gasteiger partial charge in [-0.25, -0.2) is 14.5 Å². The molecule has 0 aliphatic rings. The summed E-state index contributed by atoms with van der Waals surface area (Å²) in [6.45, 7) is 0. The molecule has 86 valence electrons. The van der Waals surface area contributed by atoms with E-state index in [0.29, 0.717) is 5.82 Å². The topological polar surface area (TPSA) is 69.1 Å². The number of nitrogens with zero attached hydrogens (tertiary/aromatic N) is 4. The summed E-state index contributed by atoms with van der Waals surface area (Å²) in [5.74, 6) is 6.48. The molecule has 0 bridgehead atoms. The Balaban J connectivity index is 2.03. The van der Waals surface area contributed by atoms with E-state index in [1.807, 2.05) is 12.1 Å². The first-order valence-electron chi connectivity index (χ1n) is 5.35. The second-order valence-electron chi connectivity index (χ2n) is 3.66. The van der Waals surface area contributed by atoms with Gasteiger partial charge in [-0.15, -0.1) is 0 Å². The molecule has 0 aliphatic carbocycles. The number of rotatable bonds is 0. The van der Waals surface area contributed by atoms with Gasteiger partial charge in [0.25, 0.3) is 0 Å². The summed E-state index contributed by atoms with van der Waals surface area (Å²) in [5.41, 5.74) is 7.91. The molecule has 2 N–H and O–H groups in total. The summed E-state index contributed by atoms with van der Waals surface area (Å²) in [7, 11) is 0. The van der Waals surface area contributed by atoms with Crippen LogP contribution in [0.4, 0.5) is 5.82 Å². The zero-order chi connectivity index (χ0) is 12.4. The SMILES string of the molecule is Nc1cc(C#Cc2cnc3cccnn23)ccn1. The van der Waals surface area contributed by atoms with Crippen LogP contribution >= 0.6 is 0 Å². The zero-order valence-corrected chi connectivity index (χ0v) is 9.41. The van der Waals surface area contributed by atoms with Gasteiger partial charge in [-0.05, 0) is 30.2 Å². The Morgan fingerprint density at radius 2 is 2.06 bits per heavy atom. The van der Waals surface area contributed by atoms with Crippen molar-refractivity contribution in [3.05, 3.63) is 54.1 Å². The first-order valence-corrected chi connectivity index (χ1v) is 5.35. The Bertz CT molecular complexity index is 763. The second-order valence-corrected chi connectivity index (χ2v) is 3.66. The lowest BCUT2D eigenvalue weighted by Crippen LogP contribution is -1.92. The maximum atomic E-state index is 5.59. The van der Waals surface area contributed by atoms with Gasteiger partial charge in [0.15, 0.2) is 5.65 Å². The molecule has 0 amide bonds. The number of anilines is 1. The minimum Gasteiger partial charge on any atom is -0.384 e. The third kappa shape index (κ3) is 1.87. The van der Waals surface area contributed by atoms with Crippen LogP contribution in [0.1, 0.15) is 11.3 Å². The van der Waals surface area contributed by atoms with Gasteiger partial charge < -0.3 is 5.73 Å². The van der Waals surface area contributed by atoms with Crippen LogP contribution in [0, 0.1) is 11.8 Å². The number of nitrogens with two attached hydrogens (primary N) is 1. The van der Waals surface area contributed by atoms with Gasteiger partial charge in [-0.3, -0.25) is 0 Å². The summed E-state index contributed by atoms with van der Waals surface area (Å²) in [6.07, 6.45) is 5.02. The molecule has 18 heavy (non-hydrogen) atoms. The van der Waals surface area contributed by atoms with E-state index in [4.69, 9.17) is 5.73 Å². The van der Waals surface area contributed by atoms with E-state index in [0.717, 1.165) is 16.9 Å². The van der Waals surface area contributed by atoms with Crippen LogP contribution in [-0.2, 0) is 0 Å². The number of nitrogen functional groups attached to an aromatic ring is 1. The summed E-state index contributed by atoms with van der Waals surface area (Å²) < 4.78 is 1.69. The molecule has 3 heterocycles. The van der Waals surface area contributed by atoms with Crippen molar-refractivity contribution in [3.63, 3.8) is 0 Å². The lowest BCUT2D eigenvalue weighted by molar-refractivity contribution is 0.923. The minimum absolute atomic E-state index is 0.457. The van der Waals surface area contributed by atoms with Crippen molar-refractivity contribution in [2.45, 2.75) is 0 Å².